The van der Waals surface area contributed by atoms with E-state index in [1.165, 1.54) is 0 Å². The fraction of sp³-hybridized carbons (Fsp3) is 0.167. The third kappa shape index (κ3) is 4.07. The molecular weight excluding hydrogens is 723 g/mol. The lowest BCUT2D eigenvalue weighted by atomic mass is 9.59. The largest absolute Gasteiger partial charge is 0.454 e. The molecule has 12 heteroatoms. The van der Waals surface area contributed by atoms with Gasteiger partial charge in [-0.3, -0.25) is 14.4 Å². The quantitative estimate of drug-likeness (QED) is 0.168. The number of fused-ring (bicyclic) bond motifs is 7. The second-order valence-electron chi connectivity index (χ2n) is 13.7. The molecule has 3 heterocycles. The molecule has 0 unspecified atom stereocenters. The van der Waals surface area contributed by atoms with Crippen molar-refractivity contribution in [2.75, 3.05) is 18.5 Å². The van der Waals surface area contributed by atoms with E-state index in [1.807, 2.05) is 0 Å². The maximum atomic E-state index is 16.2. The van der Waals surface area contributed by atoms with E-state index in [0.29, 0.717) is 62.5 Å². The second kappa shape index (κ2) is 11.2. The van der Waals surface area contributed by atoms with Gasteiger partial charge in [-0.15, -0.1) is 0 Å². The summed E-state index contributed by atoms with van der Waals surface area (Å²) in [7, 11) is 0. The van der Waals surface area contributed by atoms with Crippen LogP contribution in [0.5, 0.6) is 23.0 Å². The molecule has 0 aromatic heterocycles. The number of allylic oxidation sites excluding steroid dienone is 2. The predicted octanol–water partition coefficient (Wildman–Crippen LogP) is 8.01. The first-order valence-corrected chi connectivity index (χ1v) is 17.4. The molecule has 5 aliphatic rings. The van der Waals surface area contributed by atoms with Crippen LogP contribution in [0.15, 0.2) is 115 Å². The van der Waals surface area contributed by atoms with Crippen LogP contribution in [0.25, 0.3) is 11.1 Å². The maximum absolute atomic E-state index is 16.2. The lowest BCUT2D eigenvalue weighted by molar-refractivity contribution is -0.137. The Balaban J connectivity index is 1.35. The summed E-state index contributed by atoms with van der Waals surface area (Å²) < 4.78 is 65.2. The second-order valence-corrected chi connectivity index (χ2v) is 14.1. The Hall–Kier alpha value is -6.07. The molecule has 1 saturated carbocycles. The van der Waals surface area contributed by atoms with Gasteiger partial charge in [-0.05, 0) is 75.9 Å². The summed E-state index contributed by atoms with van der Waals surface area (Å²) in [5, 5.41) is -0.231. The van der Waals surface area contributed by atoms with Gasteiger partial charge in [-0.25, -0.2) is 4.90 Å². The Morgan fingerprint density at radius 3 is 1.52 bits per heavy atom. The number of ketones is 1. The number of amides is 2. The van der Waals surface area contributed by atoms with Crippen LogP contribution < -0.4 is 23.8 Å². The van der Waals surface area contributed by atoms with Gasteiger partial charge in [0.25, 0.3) is 0 Å². The highest BCUT2D eigenvalue weighted by atomic mass is 35.5. The van der Waals surface area contributed by atoms with Crippen LogP contribution in [0.1, 0.15) is 27.8 Å². The molecule has 2 aliphatic carbocycles. The van der Waals surface area contributed by atoms with Crippen molar-refractivity contribution in [1.29, 1.82) is 0 Å². The van der Waals surface area contributed by atoms with Crippen molar-refractivity contribution in [3.05, 3.63) is 148 Å². The van der Waals surface area contributed by atoms with E-state index in [-0.39, 0.29) is 18.6 Å². The number of halogens is 4. The van der Waals surface area contributed by atoms with Crippen LogP contribution in [0.3, 0.4) is 0 Å². The van der Waals surface area contributed by atoms with Crippen molar-refractivity contribution in [3.8, 4) is 23.0 Å². The lowest BCUT2D eigenvalue weighted by Gasteiger charge is -2.39. The summed E-state index contributed by atoms with van der Waals surface area (Å²) in [5.41, 5.74) is -2.37. The zero-order valence-electron chi connectivity index (χ0n) is 27.9. The van der Waals surface area contributed by atoms with Gasteiger partial charge >= 0.3 is 6.18 Å². The van der Waals surface area contributed by atoms with Crippen molar-refractivity contribution in [2.45, 2.75) is 17.0 Å². The number of hydrogen-bond acceptors (Lipinski definition) is 7. The maximum Gasteiger partial charge on any atom is 0.416 e. The molecule has 5 aromatic carbocycles. The van der Waals surface area contributed by atoms with Crippen LogP contribution in [0.4, 0.5) is 18.9 Å². The SMILES string of the molecule is O=C1[C@H]2[C@H](C(=O)N1c1cc(C(F)(F)F)ccc1Cl)[C@@]1(c3ccccc3)C(=O)[C@@]2(c2ccccc2)C(c2ccc3c(c2)OCO3)=C1c1ccc2c(c1)OCO2. The normalized spacial score (nSPS) is 24.9. The Morgan fingerprint density at radius 2 is 1.06 bits per heavy atom. The van der Waals surface area contributed by atoms with Crippen molar-refractivity contribution in [1.82, 2.24) is 0 Å². The molecule has 0 radical (unpaired) electrons. The summed E-state index contributed by atoms with van der Waals surface area (Å²) in [6.45, 7) is -0.0398. The zero-order chi connectivity index (χ0) is 37.1. The van der Waals surface area contributed by atoms with E-state index in [2.05, 4.69) is 0 Å². The number of anilines is 1. The monoisotopic (exact) mass is 747 g/mol. The molecular formula is C42H25ClF3NO7. The number of carbonyl (C=O) groups excluding carboxylic acids is 3. The summed E-state index contributed by atoms with van der Waals surface area (Å²) in [5.74, 6) is -3.10. The molecule has 2 amide bonds. The molecule has 8 nitrogen and oxygen atoms in total. The van der Waals surface area contributed by atoms with Crippen LogP contribution >= 0.6 is 11.6 Å². The van der Waals surface area contributed by atoms with Crippen LogP contribution in [0.2, 0.25) is 5.02 Å². The molecule has 0 N–H and O–H groups in total. The first-order valence-electron chi connectivity index (χ1n) is 17.0. The van der Waals surface area contributed by atoms with E-state index < -0.39 is 57.7 Å². The molecule has 0 spiro atoms. The Labute approximate surface area is 310 Å². The number of alkyl halides is 3. The third-order valence-electron chi connectivity index (χ3n) is 11.3. The van der Waals surface area contributed by atoms with E-state index in [1.54, 1.807) is 97.1 Å². The minimum absolute atomic E-state index is 0.0199. The molecule has 10 rings (SSSR count). The van der Waals surface area contributed by atoms with Gasteiger partial charge < -0.3 is 18.9 Å². The fourth-order valence-corrected chi connectivity index (χ4v) is 9.53. The van der Waals surface area contributed by atoms with Gasteiger partial charge in [0, 0.05) is 0 Å². The van der Waals surface area contributed by atoms with Gasteiger partial charge in [0.1, 0.15) is 0 Å². The minimum Gasteiger partial charge on any atom is -0.454 e. The molecule has 2 bridgehead atoms. The van der Waals surface area contributed by atoms with E-state index >= 15 is 14.4 Å². The number of hydrogen-bond donors (Lipinski definition) is 0. The molecule has 1 saturated heterocycles. The predicted molar refractivity (Wildman–Crippen MR) is 189 cm³/mol. The summed E-state index contributed by atoms with van der Waals surface area (Å²) >= 11 is 6.55. The standard InChI is InChI=1S/C42H25ClF3NO7/c43-27-14-13-26(42(44,45)46)19-28(27)47-37(48)35-36(38(47)49)41(25-9-5-2-6-10-25)34(23-12-16-30-32(18-23)54-21-52-30)33(22-11-15-29-31(17-22)53-20-51-29)40(35,39(41)50)24-7-3-1-4-8-24/h1-19,35-36H,20-21H2/t35-,36-,40+,41+/m1/s1. The van der Waals surface area contributed by atoms with Crippen LogP contribution in [-0.2, 0) is 31.4 Å². The number of imide groups is 1. The van der Waals surface area contributed by atoms with Crippen molar-refractivity contribution >= 4 is 46.0 Å². The molecule has 268 valence electrons. The molecule has 5 aromatic rings. The average molecular weight is 748 g/mol. The van der Waals surface area contributed by atoms with Crippen LogP contribution in [0, 0.1) is 11.8 Å². The summed E-state index contributed by atoms with van der Waals surface area (Å²) in [6, 6.07) is 30.5. The first kappa shape index (κ1) is 32.6. The third-order valence-corrected chi connectivity index (χ3v) is 11.6. The number of rotatable bonds is 5. The van der Waals surface area contributed by atoms with E-state index in [9.17, 15) is 13.2 Å². The van der Waals surface area contributed by atoms with Gasteiger partial charge in [-0.2, -0.15) is 13.2 Å². The van der Waals surface area contributed by atoms with Crippen LogP contribution in [-0.4, -0.2) is 31.2 Å². The fourth-order valence-electron chi connectivity index (χ4n) is 9.33. The highest BCUT2D eigenvalue weighted by molar-refractivity contribution is 6.41. The summed E-state index contributed by atoms with van der Waals surface area (Å²) in [4.78, 5) is 47.5. The van der Waals surface area contributed by atoms with Gasteiger partial charge in [0.05, 0.1) is 38.9 Å². The first-order chi connectivity index (χ1) is 26.1. The number of carbonyl (C=O) groups is 3. The topological polar surface area (TPSA) is 91.4 Å². The van der Waals surface area contributed by atoms with Crippen molar-refractivity contribution in [3.63, 3.8) is 0 Å². The average Bonchev–Trinajstić information content (AvgIpc) is 3.98. The highest BCUT2D eigenvalue weighted by Crippen LogP contribution is 2.75. The van der Waals surface area contributed by atoms with Gasteiger partial charge in [0.2, 0.25) is 25.4 Å². The smallest absolute Gasteiger partial charge is 0.416 e. The van der Waals surface area contributed by atoms with Gasteiger partial charge in [0.15, 0.2) is 28.8 Å². The van der Waals surface area contributed by atoms with E-state index in [4.69, 9.17) is 30.5 Å². The minimum atomic E-state index is -4.80. The Kier molecular flexibility index (Phi) is 6.77. The number of ether oxygens (including phenoxy) is 4. The number of nitrogens with zero attached hydrogens (tertiary/aromatic N) is 1. The Bertz CT molecular complexity index is 2370. The van der Waals surface area contributed by atoms with Gasteiger partial charge in [-0.1, -0.05) is 84.4 Å². The summed E-state index contributed by atoms with van der Waals surface area (Å²) in [6.07, 6.45) is -4.80. The lowest BCUT2D eigenvalue weighted by Crippen LogP contribution is -2.45. The molecule has 3 aliphatic heterocycles. The zero-order valence-corrected chi connectivity index (χ0v) is 28.6. The van der Waals surface area contributed by atoms with Crippen molar-refractivity contribution in [2.24, 2.45) is 11.8 Å². The Morgan fingerprint density at radius 1 is 0.593 bits per heavy atom. The van der Waals surface area contributed by atoms with E-state index in [0.717, 1.165) is 17.0 Å². The number of benzene rings is 5. The number of Topliss-reactive ketones (excluding diaryl/α,β-unsaturated/α-hetero) is 1. The highest BCUT2D eigenvalue weighted by Gasteiger charge is 2.83. The molecule has 54 heavy (non-hydrogen) atoms. The molecule has 2 fully saturated rings. The molecule has 4 atom stereocenters. The van der Waals surface area contributed by atoms with Crippen molar-refractivity contribution < 1.29 is 46.5 Å².